The second kappa shape index (κ2) is 8.86. The van der Waals surface area contributed by atoms with Gasteiger partial charge in [0.1, 0.15) is 0 Å². The Morgan fingerprint density at radius 3 is 2.29 bits per heavy atom. The van der Waals surface area contributed by atoms with E-state index in [0.717, 1.165) is 25.6 Å². The van der Waals surface area contributed by atoms with E-state index in [1.54, 1.807) is 0 Å². The molecule has 2 heterocycles. The molecule has 0 saturated carbocycles. The van der Waals surface area contributed by atoms with Crippen molar-refractivity contribution in [3.63, 3.8) is 0 Å². The molecule has 0 amide bonds. The molecule has 2 N–H and O–H groups in total. The zero-order chi connectivity index (χ0) is 12.5. The van der Waals surface area contributed by atoms with Crippen LogP contribution in [0.4, 0.5) is 0 Å². The third-order valence-corrected chi connectivity index (χ3v) is 3.51. The van der Waals surface area contributed by atoms with Crippen LogP contribution in [0.1, 0.15) is 20.3 Å². The van der Waals surface area contributed by atoms with Gasteiger partial charge in [-0.2, -0.15) is 0 Å². The molecule has 0 spiro atoms. The number of nitrogens with zero attached hydrogens (tertiary/aromatic N) is 2. The molecular formula is C13H29N3O. The van der Waals surface area contributed by atoms with Crippen molar-refractivity contribution in [1.29, 1.82) is 0 Å². The topological polar surface area (TPSA) is 38.7 Å². The highest BCUT2D eigenvalue weighted by Crippen LogP contribution is 2.18. The fraction of sp³-hybridized carbons (Fsp3) is 1.00. The molecule has 2 aliphatic rings. The van der Waals surface area contributed by atoms with E-state index in [-0.39, 0.29) is 0 Å². The normalized spacial score (nSPS) is 22.8. The Hall–Kier alpha value is -0.160. The predicted octanol–water partition coefficient (Wildman–Crippen LogP) is 0.232. The summed E-state index contributed by atoms with van der Waals surface area (Å²) in [5.74, 6) is 0.881. The van der Waals surface area contributed by atoms with Crippen molar-refractivity contribution < 1.29 is 5.11 Å². The summed E-state index contributed by atoms with van der Waals surface area (Å²) in [6.45, 7) is 13.6. The fourth-order valence-corrected chi connectivity index (χ4v) is 2.48. The minimum Gasteiger partial charge on any atom is -0.395 e. The lowest BCUT2D eigenvalue weighted by Gasteiger charge is -2.40. The van der Waals surface area contributed by atoms with E-state index in [0.29, 0.717) is 6.61 Å². The molecule has 0 aromatic rings. The van der Waals surface area contributed by atoms with E-state index in [1.165, 1.54) is 39.1 Å². The molecule has 0 radical (unpaired) electrons. The number of aliphatic hydroxyl groups is 1. The van der Waals surface area contributed by atoms with Crippen LogP contribution in [0.3, 0.4) is 0 Å². The Bertz CT molecular complexity index is 178. The Kier molecular flexibility index (Phi) is 7.77. The number of rotatable bonds is 5. The molecule has 2 rings (SSSR count). The third-order valence-electron chi connectivity index (χ3n) is 3.51. The van der Waals surface area contributed by atoms with E-state index in [2.05, 4.69) is 15.1 Å². The van der Waals surface area contributed by atoms with Gasteiger partial charge in [-0.05, 0) is 18.9 Å². The fourth-order valence-electron chi connectivity index (χ4n) is 2.48. The summed E-state index contributed by atoms with van der Waals surface area (Å²) in [5, 5.41) is 12.1. The van der Waals surface area contributed by atoms with Crippen LogP contribution >= 0.6 is 0 Å². The van der Waals surface area contributed by atoms with Crippen LogP contribution in [0, 0.1) is 5.92 Å². The number of piperazine rings is 1. The highest BCUT2D eigenvalue weighted by Gasteiger charge is 2.26. The van der Waals surface area contributed by atoms with E-state index >= 15 is 0 Å². The molecule has 2 saturated heterocycles. The van der Waals surface area contributed by atoms with Crippen molar-refractivity contribution in [1.82, 2.24) is 15.1 Å². The van der Waals surface area contributed by atoms with Gasteiger partial charge >= 0.3 is 0 Å². The third kappa shape index (κ3) is 5.34. The summed E-state index contributed by atoms with van der Waals surface area (Å²) >= 11 is 0. The molecule has 2 fully saturated rings. The highest BCUT2D eigenvalue weighted by molar-refractivity contribution is 4.80. The lowest BCUT2D eigenvalue weighted by molar-refractivity contribution is 0.0648. The van der Waals surface area contributed by atoms with Crippen molar-refractivity contribution in [3.05, 3.63) is 0 Å². The van der Waals surface area contributed by atoms with Crippen LogP contribution in [-0.2, 0) is 0 Å². The predicted molar refractivity (Wildman–Crippen MR) is 72.3 cm³/mol. The summed E-state index contributed by atoms with van der Waals surface area (Å²) < 4.78 is 0. The van der Waals surface area contributed by atoms with E-state index < -0.39 is 0 Å². The molecule has 0 aromatic heterocycles. The number of nitrogens with one attached hydrogen (secondary N) is 1. The average Bonchev–Trinajstić information content (AvgIpc) is 2.36. The SMILES string of the molecule is CC.OCCN1CC(CCN2CCNCC2)C1. The van der Waals surface area contributed by atoms with Crippen molar-refractivity contribution in [3.8, 4) is 0 Å². The zero-order valence-electron chi connectivity index (χ0n) is 11.5. The number of aliphatic hydroxyl groups excluding tert-OH is 1. The quantitative estimate of drug-likeness (QED) is 0.725. The largest absolute Gasteiger partial charge is 0.395 e. The standard InChI is InChI=1S/C11H23N3O.C2H6/c15-8-7-14-9-11(10-14)1-4-13-5-2-12-3-6-13;1-2/h11-12,15H,1-10H2;1-2H3. The minimum atomic E-state index is 0.310. The Morgan fingerprint density at radius 2 is 1.71 bits per heavy atom. The van der Waals surface area contributed by atoms with Crippen molar-refractivity contribution in [2.45, 2.75) is 20.3 Å². The highest BCUT2D eigenvalue weighted by atomic mass is 16.3. The Morgan fingerprint density at radius 1 is 1.06 bits per heavy atom. The summed E-state index contributed by atoms with van der Waals surface area (Å²) in [5.41, 5.74) is 0. The molecule has 17 heavy (non-hydrogen) atoms. The van der Waals surface area contributed by atoms with Crippen LogP contribution in [0.5, 0.6) is 0 Å². The maximum Gasteiger partial charge on any atom is 0.0558 e. The van der Waals surface area contributed by atoms with Gasteiger partial charge in [-0.3, -0.25) is 0 Å². The number of likely N-dealkylation sites (tertiary alicyclic amines) is 1. The van der Waals surface area contributed by atoms with Crippen molar-refractivity contribution in [2.24, 2.45) is 5.92 Å². The lowest BCUT2D eigenvalue weighted by atomic mass is 9.96. The maximum atomic E-state index is 8.76. The van der Waals surface area contributed by atoms with Gasteiger partial charge in [0.15, 0.2) is 0 Å². The van der Waals surface area contributed by atoms with Crippen LogP contribution in [0.25, 0.3) is 0 Å². The first-order chi connectivity index (χ1) is 8.38. The first-order valence-corrected chi connectivity index (χ1v) is 7.15. The molecule has 0 unspecified atom stereocenters. The molecular weight excluding hydrogens is 214 g/mol. The van der Waals surface area contributed by atoms with E-state index in [1.807, 2.05) is 13.8 Å². The van der Waals surface area contributed by atoms with E-state index in [4.69, 9.17) is 5.11 Å². The van der Waals surface area contributed by atoms with Crippen molar-refractivity contribution in [2.75, 3.05) is 59.0 Å². The number of hydrogen-bond donors (Lipinski definition) is 2. The van der Waals surface area contributed by atoms with Crippen LogP contribution in [0.2, 0.25) is 0 Å². The van der Waals surface area contributed by atoms with Crippen molar-refractivity contribution >= 4 is 0 Å². The molecule has 0 bridgehead atoms. The number of β-amino-alcohol motifs (C(OH)–C–C–N with tert-alkyl or cyclic N) is 1. The monoisotopic (exact) mass is 243 g/mol. The van der Waals surface area contributed by atoms with Gasteiger partial charge in [-0.25, -0.2) is 0 Å². The number of hydrogen-bond acceptors (Lipinski definition) is 4. The first-order valence-electron chi connectivity index (χ1n) is 7.15. The molecule has 0 aromatic carbocycles. The average molecular weight is 243 g/mol. The summed E-state index contributed by atoms with van der Waals surface area (Å²) in [6, 6.07) is 0. The van der Waals surface area contributed by atoms with Gasteiger partial charge in [-0.15, -0.1) is 0 Å². The van der Waals surface area contributed by atoms with Gasteiger partial charge in [0.05, 0.1) is 6.61 Å². The van der Waals surface area contributed by atoms with Gasteiger partial charge < -0.3 is 20.2 Å². The Labute approximate surface area is 106 Å². The molecule has 0 atom stereocenters. The molecule has 4 nitrogen and oxygen atoms in total. The molecule has 4 heteroatoms. The van der Waals surface area contributed by atoms with Crippen LogP contribution in [0.15, 0.2) is 0 Å². The maximum absolute atomic E-state index is 8.76. The molecule has 102 valence electrons. The minimum absolute atomic E-state index is 0.310. The van der Waals surface area contributed by atoms with Crippen LogP contribution < -0.4 is 5.32 Å². The van der Waals surface area contributed by atoms with Gasteiger partial charge in [0.25, 0.3) is 0 Å². The second-order valence-electron chi connectivity index (χ2n) is 4.73. The summed E-state index contributed by atoms with van der Waals surface area (Å²) in [6.07, 6.45) is 1.34. The van der Waals surface area contributed by atoms with E-state index in [9.17, 15) is 0 Å². The van der Waals surface area contributed by atoms with Gasteiger partial charge in [0.2, 0.25) is 0 Å². The van der Waals surface area contributed by atoms with Crippen LogP contribution in [-0.4, -0.2) is 73.9 Å². The molecule has 2 aliphatic heterocycles. The zero-order valence-corrected chi connectivity index (χ0v) is 11.5. The Balaban J connectivity index is 0.000000686. The van der Waals surface area contributed by atoms with Gasteiger partial charge in [-0.1, -0.05) is 13.8 Å². The van der Waals surface area contributed by atoms with Gasteiger partial charge in [0, 0.05) is 45.8 Å². The molecule has 0 aliphatic carbocycles. The lowest BCUT2D eigenvalue weighted by Crippen LogP contribution is -2.50. The smallest absolute Gasteiger partial charge is 0.0558 e. The first kappa shape index (κ1) is 14.9. The summed E-state index contributed by atoms with van der Waals surface area (Å²) in [4.78, 5) is 4.90. The summed E-state index contributed by atoms with van der Waals surface area (Å²) in [7, 11) is 0. The second-order valence-corrected chi connectivity index (χ2v) is 4.73.